The predicted molar refractivity (Wildman–Crippen MR) is 70.5 cm³/mol. The number of nitrogens with one attached hydrogen (secondary N) is 1. The van der Waals surface area contributed by atoms with Crippen LogP contribution in [0.15, 0.2) is 12.1 Å². The quantitative estimate of drug-likeness (QED) is 0.867. The molecule has 1 aromatic rings. The van der Waals surface area contributed by atoms with Crippen molar-refractivity contribution in [2.45, 2.75) is 44.9 Å². The third-order valence-corrected chi connectivity index (χ3v) is 4.75. The van der Waals surface area contributed by atoms with E-state index in [1.165, 1.54) is 9.75 Å². The lowest BCUT2D eigenvalue weighted by Gasteiger charge is -2.28. The molecule has 2 heterocycles. The molecular weight excluding hydrogens is 234 g/mol. The van der Waals surface area contributed by atoms with Crippen LogP contribution in [0.3, 0.4) is 0 Å². The molecule has 0 radical (unpaired) electrons. The smallest absolute Gasteiger partial charge is 0.105 e. The van der Waals surface area contributed by atoms with E-state index < -0.39 is 5.60 Å². The van der Waals surface area contributed by atoms with Crippen LogP contribution in [0.5, 0.6) is 0 Å². The van der Waals surface area contributed by atoms with Gasteiger partial charge in [-0.2, -0.15) is 0 Å². The molecule has 1 saturated heterocycles. The van der Waals surface area contributed by atoms with Gasteiger partial charge >= 0.3 is 0 Å². The largest absolute Gasteiger partial charge is 0.386 e. The molecule has 2 N–H and O–H groups in total. The second kappa shape index (κ2) is 5.06. The van der Waals surface area contributed by atoms with Crippen molar-refractivity contribution in [3.05, 3.63) is 21.9 Å². The van der Waals surface area contributed by atoms with Crippen LogP contribution < -0.4 is 5.32 Å². The summed E-state index contributed by atoms with van der Waals surface area (Å²) in [6, 6.07) is 4.57. The third kappa shape index (κ3) is 2.88. The second-order valence-corrected chi connectivity index (χ2v) is 6.24. The monoisotopic (exact) mass is 255 g/mol. The third-order valence-electron chi connectivity index (χ3n) is 3.56. The minimum atomic E-state index is -0.708. The highest BCUT2D eigenvalue weighted by molar-refractivity contribution is 7.12. The van der Waals surface area contributed by atoms with Crippen LogP contribution in [0.4, 0.5) is 0 Å². The molecule has 0 aliphatic carbocycles. The highest BCUT2D eigenvalue weighted by Gasteiger charge is 2.39. The fraction of sp³-hybridized carbons (Fsp3) is 0.692. The average molecular weight is 255 g/mol. The van der Waals surface area contributed by atoms with Gasteiger partial charge in [-0.1, -0.05) is 0 Å². The Balaban J connectivity index is 1.90. The molecule has 4 heteroatoms. The van der Waals surface area contributed by atoms with Gasteiger partial charge in [0.25, 0.3) is 0 Å². The molecule has 3 atom stereocenters. The van der Waals surface area contributed by atoms with E-state index in [4.69, 9.17) is 4.74 Å². The van der Waals surface area contributed by atoms with Gasteiger partial charge in [0.15, 0.2) is 0 Å². The van der Waals surface area contributed by atoms with Gasteiger partial charge < -0.3 is 15.2 Å². The molecule has 96 valence electrons. The number of hydrogen-bond acceptors (Lipinski definition) is 4. The predicted octanol–water partition coefficient (Wildman–Crippen LogP) is 2.25. The maximum Gasteiger partial charge on any atom is 0.105 e. The van der Waals surface area contributed by atoms with Crippen LogP contribution in [-0.2, 0) is 4.74 Å². The van der Waals surface area contributed by atoms with Crippen molar-refractivity contribution >= 4 is 11.3 Å². The van der Waals surface area contributed by atoms with Gasteiger partial charge in [0, 0.05) is 35.4 Å². The molecule has 0 saturated carbocycles. The lowest BCUT2D eigenvalue weighted by molar-refractivity contribution is -0.0273. The molecule has 1 fully saturated rings. The zero-order valence-corrected chi connectivity index (χ0v) is 11.5. The van der Waals surface area contributed by atoms with E-state index >= 15 is 0 Å². The van der Waals surface area contributed by atoms with E-state index in [0.717, 1.165) is 6.42 Å². The molecule has 1 aliphatic heterocycles. The van der Waals surface area contributed by atoms with Gasteiger partial charge in [0.05, 0.1) is 6.10 Å². The van der Waals surface area contributed by atoms with Crippen LogP contribution in [0.1, 0.15) is 36.1 Å². The summed E-state index contributed by atoms with van der Waals surface area (Å²) in [7, 11) is 0. The maximum absolute atomic E-state index is 10.4. The fourth-order valence-electron chi connectivity index (χ4n) is 2.12. The summed E-state index contributed by atoms with van der Waals surface area (Å²) in [5.74, 6) is 0. The summed E-state index contributed by atoms with van der Waals surface area (Å²) in [6.07, 6.45) is 0.643. The number of hydrogen-bond donors (Lipinski definition) is 2. The number of aryl methyl sites for hydroxylation is 1. The second-order valence-electron chi connectivity index (χ2n) is 4.92. The first kappa shape index (κ1) is 13.0. The first-order chi connectivity index (χ1) is 8.01. The summed E-state index contributed by atoms with van der Waals surface area (Å²) in [4.78, 5) is 2.64. The number of rotatable bonds is 4. The Morgan fingerprint density at radius 1 is 1.65 bits per heavy atom. The summed E-state index contributed by atoms with van der Waals surface area (Å²) in [6.45, 7) is 7.43. The SMILES string of the molecule is Cc1ccc(C(C)NCC2(O)CCOC2C)s1. The van der Waals surface area contributed by atoms with Crippen LogP contribution in [0.2, 0.25) is 0 Å². The number of aliphatic hydroxyl groups is 1. The van der Waals surface area contributed by atoms with Crippen molar-refractivity contribution < 1.29 is 9.84 Å². The van der Waals surface area contributed by atoms with E-state index in [9.17, 15) is 5.11 Å². The average Bonchev–Trinajstić information content (AvgIpc) is 2.84. The van der Waals surface area contributed by atoms with Gasteiger partial charge in [-0.3, -0.25) is 0 Å². The summed E-state index contributed by atoms with van der Waals surface area (Å²) in [5, 5.41) is 13.8. The van der Waals surface area contributed by atoms with Crippen molar-refractivity contribution in [1.29, 1.82) is 0 Å². The first-order valence-electron chi connectivity index (χ1n) is 6.15. The normalized spacial score (nSPS) is 30.7. The zero-order valence-electron chi connectivity index (χ0n) is 10.7. The van der Waals surface area contributed by atoms with E-state index in [2.05, 4.69) is 31.3 Å². The molecular formula is C13H21NO2S. The molecule has 1 aromatic heterocycles. The molecule has 3 unspecified atom stereocenters. The Bertz CT molecular complexity index is 379. The topological polar surface area (TPSA) is 41.5 Å². The minimum absolute atomic E-state index is 0.0766. The van der Waals surface area contributed by atoms with Crippen molar-refractivity contribution in [3.8, 4) is 0 Å². The molecule has 0 spiro atoms. The van der Waals surface area contributed by atoms with Gasteiger partial charge in [0.1, 0.15) is 5.60 Å². The van der Waals surface area contributed by atoms with Crippen molar-refractivity contribution in [2.24, 2.45) is 0 Å². The number of thiophene rings is 1. The van der Waals surface area contributed by atoms with E-state index in [-0.39, 0.29) is 12.1 Å². The fourth-order valence-corrected chi connectivity index (χ4v) is 3.02. The van der Waals surface area contributed by atoms with Crippen LogP contribution in [-0.4, -0.2) is 30.0 Å². The lowest BCUT2D eigenvalue weighted by atomic mass is 9.96. The van der Waals surface area contributed by atoms with Gasteiger partial charge in [-0.15, -0.1) is 11.3 Å². The highest BCUT2D eigenvalue weighted by Crippen LogP contribution is 2.27. The molecule has 0 bridgehead atoms. The first-order valence-corrected chi connectivity index (χ1v) is 6.96. The Morgan fingerprint density at radius 3 is 2.94 bits per heavy atom. The molecule has 1 aliphatic rings. The summed E-state index contributed by atoms with van der Waals surface area (Å²) >= 11 is 1.80. The minimum Gasteiger partial charge on any atom is -0.386 e. The zero-order chi connectivity index (χ0) is 12.5. The Kier molecular flexibility index (Phi) is 3.88. The van der Waals surface area contributed by atoms with Crippen LogP contribution in [0.25, 0.3) is 0 Å². The summed E-state index contributed by atoms with van der Waals surface area (Å²) in [5.41, 5.74) is -0.708. The van der Waals surface area contributed by atoms with Gasteiger partial charge in [0.2, 0.25) is 0 Å². The Hall–Kier alpha value is -0.420. The molecule has 17 heavy (non-hydrogen) atoms. The van der Waals surface area contributed by atoms with Gasteiger partial charge in [-0.25, -0.2) is 0 Å². The Morgan fingerprint density at radius 2 is 2.41 bits per heavy atom. The van der Waals surface area contributed by atoms with E-state index in [1.807, 2.05) is 6.92 Å². The summed E-state index contributed by atoms with van der Waals surface area (Å²) < 4.78 is 5.42. The molecule has 3 nitrogen and oxygen atoms in total. The van der Waals surface area contributed by atoms with Crippen LogP contribution in [0, 0.1) is 6.92 Å². The molecule has 2 rings (SSSR count). The molecule has 0 aromatic carbocycles. The van der Waals surface area contributed by atoms with E-state index in [1.54, 1.807) is 11.3 Å². The highest BCUT2D eigenvalue weighted by atomic mass is 32.1. The number of ether oxygens (including phenoxy) is 1. The van der Waals surface area contributed by atoms with Crippen LogP contribution >= 0.6 is 11.3 Å². The van der Waals surface area contributed by atoms with Crippen molar-refractivity contribution in [3.63, 3.8) is 0 Å². The maximum atomic E-state index is 10.4. The van der Waals surface area contributed by atoms with Crippen molar-refractivity contribution in [1.82, 2.24) is 5.32 Å². The van der Waals surface area contributed by atoms with E-state index in [0.29, 0.717) is 13.2 Å². The molecule has 0 amide bonds. The lowest BCUT2D eigenvalue weighted by Crippen LogP contribution is -2.46. The standard InChI is InChI=1S/C13H21NO2S/c1-9-4-5-12(17-9)10(2)14-8-13(15)6-7-16-11(13)3/h4-5,10-11,14-15H,6-8H2,1-3H3. The Labute approximate surface area is 107 Å². The van der Waals surface area contributed by atoms with Crippen molar-refractivity contribution in [2.75, 3.05) is 13.2 Å². The van der Waals surface area contributed by atoms with Gasteiger partial charge in [-0.05, 0) is 32.9 Å².